The molecule has 2 aliphatic heterocycles. The normalized spacial score (nSPS) is 14.3. The molecule has 0 unspecified atom stereocenters. The second-order valence-electron chi connectivity index (χ2n) is 12.5. The average Bonchev–Trinajstić information content (AvgIpc) is 3.46. The summed E-state index contributed by atoms with van der Waals surface area (Å²) in [6, 6.07) is 23.6. The maximum Gasteiger partial charge on any atom is 0.269 e. The van der Waals surface area contributed by atoms with Gasteiger partial charge in [0.15, 0.2) is 0 Å². The molecule has 51 heavy (non-hydrogen) atoms. The van der Waals surface area contributed by atoms with Crippen LogP contribution in [0.1, 0.15) is 33.4 Å². The third-order valence-corrected chi connectivity index (χ3v) is 9.32. The molecule has 0 saturated heterocycles. The number of nitrogens with zero attached hydrogens (tertiary/aromatic N) is 6. The average molecular weight is 701 g/mol. The lowest BCUT2D eigenvalue weighted by atomic mass is 10.0. The van der Waals surface area contributed by atoms with Crippen LogP contribution < -0.4 is 0 Å². The summed E-state index contributed by atoms with van der Waals surface area (Å²) < 4.78 is 0. The van der Waals surface area contributed by atoms with Gasteiger partial charge in [0.2, 0.25) is 0 Å². The van der Waals surface area contributed by atoms with Crippen LogP contribution in [0, 0.1) is 40.5 Å². The van der Waals surface area contributed by atoms with Crippen molar-refractivity contribution < 1.29 is 25.2 Å². The monoisotopic (exact) mass is 700 g/mol. The predicted molar refractivity (Wildman–Crippen MR) is 191 cm³/mol. The number of non-ortho nitro benzene ring substituents is 4. The molecule has 268 valence electrons. The molecule has 2 aliphatic rings. The lowest BCUT2D eigenvalue weighted by Gasteiger charge is -2.19. The standard InChI is InChI=1S/2C18H19N3O4.H2O/c2*22-20(23)17-4-1-14(2-5-17)7-10-19-11-8-15-3-6-18(21(24)25)13-16(15)9-12-19;/h2*1-6,13H,7-12H2;1H2. The van der Waals surface area contributed by atoms with Crippen LogP contribution in [0.5, 0.6) is 0 Å². The van der Waals surface area contributed by atoms with Crippen molar-refractivity contribution in [1.82, 2.24) is 9.80 Å². The molecule has 0 fully saturated rings. The van der Waals surface area contributed by atoms with Crippen LogP contribution in [0.25, 0.3) is 0 Å². The molecule has 0 atom stereocenters. The largest absolute Gasteiger partial charge is 0.412 e. The van der Waals surface area contributed by atoms with Crippen molar-refractivity contribution in [2.24, 2.45) is 0 Å². The van der Waals surface area contributed by atoms with Gasteiger partial charge in [-0.1, -0.05) is 36.4 Å². The number of nitro benzene ring substituents is 4. The van der Waals surface area contributed by atoms with Crippen LogP contribution in [0.4, 0.5) is 22.7 Å². The summed E-state index contributed by atoms with van der Waals surface area (Å²) in [7, 11) is 0. The molecule has 4 aromatic rings. The topological polar surface area (TPSA) is 211 Å². The Kier molecular flexibility index (Phi) is 13.4. The Morgan fingerprint density at radius 2 is 0.725 bits per heavy atom. The molecular weight excluding hydrogens is 660 g/mol. The Morgan fingerprint density at radius 1 is 0.431 bits per heavy atom. The van der Waals surface area contributed by atoms with E-state index >= 15 is 0 Å². The molecule has 2 heterocycles. The first-order chi connectivity index (χ1) is 24.0. The molecule has 4 aromatic carbocycles. The van der Waals surface area contributed by atoms with Crippen LogP contribution in [0.15, 0.2) is 84.9 Å². The molecular formula is C36H40N6O9. The van der Waals surface area contributed by atoms with Gasteiger partial charge in [-0.2, -0.15) is 0 Å². The first-order valence-corrected chi connectivity index (χ1v) is 16.5. The van der Waals surface area contributed by atoms with Gasteiger partial charge >= 0.3 is 0 Å². The molecule has 0 radical (unpaired) electrons. The van der Waals surface area contributed by atoms with E-state index in [0.717, 1.165) is 100 Å². The quantitative estimate of drug-likeness (QED) is 0.150. The maximum absolute atomic E-state index is 10.9. The zero-order chi connectivity index (χ0) is 35.6. The summed E-state index contributed by atoms with van der Waals surface area (Å²) in [6.07, 6.45) is 5.03. The molecule has 0 aliphatic carbocycles. The Hall–Kier alpha value is -5.64. The molecule has 2 N–H and O–H groups in total. The van der Waals surface area contributed by atoms with E-state index in [0.29, 0.717) is 0 Å². The first kappa shape index (κ1) is 38.2. The minimum absolute atomic E-state index is 0. The van der Waals surface area contributed by atoms with E-state index in [4.69, 9.17) is 0 Å². The smallest absolute Gasteiger partial charge is 0.269 e. The maximum atomic E-state index is 10.9. The Morgan fingerprint density at radius 3 is 1.04 bits per heavy atom. The van der Waals surface area contributed by atoms with E-state index in [1.807, 2.05) is 12.1 Å². The van der Waals surface area contributed by atoms with Gasteiger partial charge < -0.3 is 15.3 Å². The fourth-order valence-corrected chi connectivity index (χ4v) is 6.33. The number of fused-ring (bicyclic) bond motifs is 2. The SMILES string of the molecule is O.O=[N+]([O-])c1ccc(CCN2CCc3ccc([N+](=O)[O-])cc3CC2)cc1.O=[N+]([O-])c1ccc(CCN2CCc3ccc([N+](=O)[O-])cc3CC2)cc1. The molecule has 15 nitrogen and oxygen atoms in total. The van der Waals surface area contributed by atoms with Crippen LogP contribution in [-0.4, -0.2) is 74.2 Å². The number of benzene rings is 4. The molecule has 0 aromatic heterocycles. The lowest BCUT2D eigenvalue weighted by Crippen LogP contribution is -2.28. The van der Waals surface area contributed by atoms with Crippen molar-refractivity contribution in [3.8, 4) is 0 Å². The zero-order valence-corrected chi connectivity index (χ0v) is 28.0. The van der Waals surface area contributed by atoms with Gasteiger partial charge in [-0.15, -0.1) is 0 Å². The number of nitro groups is 4. The number of hydrogen-bond acceptors (Lipinski definition) is 10. The molecule has 0 saturated carbocycles. The van der Waals surface area contributed by atoms with Crippen molar-refractivity contribution in [3.05, 3.63) is 159 Å². The summed E-state index contributed by atoms with van der Waals surface area (Å²) in [5, 5.41) is 43.2. The summed E-state index contributed by atoms with van der Waals surface area (Å²) in [4.78, 5) is 46.4. The van der Waals surface area contributed by atoms with Gasteiger partial charge in [0.1, 0.15) is 0 Å². The van der Waals surface area contributed by atoms with E-state index < -0.39 is 9.85 Å². The molecule has 15 heteroatoms. The predicted octanol–water partition coefficient (Wildman–Crippen LogP) is 5.47. The summed E-state index contributed by atoms with van der Waals surface area (Å²) in [5.74, 6) is 0. The molecule has 0 amide bonds. The van der Waals surface area contributed by atoms with E-state index in [1.54, 1.807) is 48.5 Å². The van der Waals surface area contributed by atoms with Gasteiger partial charge in [0.25, 0.3) is 22.7 Å². The van der Waals surface area contributed by atoms with Crippen LogP contribution >= 0.6 is 0 Å². The van der Waals surface area contributed by atoms with Crippen molar-refractivity contribution in [1.29, 1.82) is 0 Å². The van der Waals surface area contributed by atoms with Crippen LogP contribution in [0.2, 0.25) is 0 Å². The van der Waals surface area contributed by atoms with Gasteiger partial charge in [-0.3, -0.25) is 40.5 Å². The van der Waals surface area contributed by atoms with Crippen LogP contribution in [0.3, 0.4) is 0 Å². The van der Waals surface area contributed by atoms with Gasteiger partial charge in [-0.25, -0.2) is 0 Å². The molecule has 6 rings (SSSR count). The third kappa shape index (κ3) is 10.7. The van der Waals surface area contributed by atoms with Crippen molar-refractivity contribution in [2.45, 2.75) is 38.5 Å². The van der Waals surface area contributed by atoms with E-state index in [2.05, 4.69) is 9.80 Å². The number of hydrogen-bond donors (Lipinski definition) is 0. The highest BCUT2D eigenvalue weighted by atomic mass is 16.6. The minimum Gasteiger partial charge on any atom is -0.412 e. The lowest BCUT2D eigenvalue weighted by molar-refractivity contribution is -0.385. The Labute approximate surface area is 294 Å². The van der Waals surface area contributed by atoms with E-state index in [9.17, 15) is 40.5 Å². The Balaban J connectivity index is 0.000000224. The molecule has 0 spiro atoms. The summed E-state index contributed by atoms with van der Waals surface area (Å²) in [5.41, 5.74) is 7.15. The van der Waals surface area contributed by atoms with Crippen molar-refractivity contribution >= 4 is 22.7 Å². The Bertz CT molecular complexity index is 1720. The highest BCUT2D eigenvalue weighted by molar-refractivity contribution is 5.42. The third-order valence-electron chi connectivity index (χ3n) is 9.32. The fraction of sp³-hybridized carbons (Fsp3) is 0.333. The zero-order valence-electron chi connectivity index (χ0n) is 28.0. The van der Waals surface area contributed by atoms with Crippen molar-refractivity contribution in [3.63, 3.8) is 0 Å². The summed E-state index contributed by atoms with van der Waals surface area (Å²) >= 11 is 0. The van der Waals surface area contributed by atoms with Crippen molar-refractivity contribution in [2.75, 3.05) is 39.3 Å². The number of rotatable bonds is 10. The fourth-order valence-electron chi connectivity index (χ4n) is 6.33. The first-order valence-electron chi connectivity index (χ1n) is 16.5. The van der Waals surface area contributed by atoms with Gasteiger partial charge in [0.05, 0.1) is 19.7 Å². The highest BCUT2D eigenvalue weighted by Crippen LogP contribution is 2.24. The highest BCUT2D eigenvalue weighted by Gasteiger charge is 2.18. The van der Waals surface area contributed by atoms with E-state index in [1.165, 1.54) is 35.4 Å². The second kappa shape index (κ2) is 17.8. The van der Waals surface area contributed by atoms with Gasteiger partial charge in [0, 0.05) is 87.8 Å². The summed E-state index contributed by atoms with van der Waals surface area (Å²) in [6.45, 7) is 5.29. The van der Waals surface area contributed by atoms with Crippen LogP contribution in [-0.2, 0) is 38.5 Å². The molecule has 0 bridgehead atoms. The van der Waals surface area contributed by atoms with E-state index in [-0.39, 0.29) is 38.1 Å². The second-order valence-corrected chi connectivity index (χ2v) is 12.5. The minimum atomic E-state index is -0.394. The van der Waals surface area contributed by atoms with Gasteiger partial charge in [-0.05, 0) is 71.9 Å².